The zero-order chi connectivity index (χ0) is 22.8. The second kappa shape index (κ2) is 8.95. The molecular weight excluding hydrogens is 430 g/mol. The quantitative estimate of drug-likeness (QED) is 0.463. The summed E-state index contributed by atoms with van der Waals surface area (Å²) in [6.07, 6.45) is 5.39. The van der Waals surface area contributed by atoms with Crippen molar-refractivity contribution in [2.24, 2.45) is 0 Å². The van der Waals surface area contributed by atoms with Crippen molar-refractivity contribution in [2.45, 2.75) is 9.79 Å². The summed E-state index contributed by atoms with van der Waals surface area (Å²) in [5.74, 6) is 0.983. The van der Waals surface area contributed by atoms with E-state index >= 15 is 0 Å². The highest BCUT2D eigenvalue weighted by Crippen LogP contribution is 2.37. The lowest BCUT2D eigenvalue weighted by atomic mass is 10.1. The molecule has 162 valence electrons. The topological polar surface area (TPSA) is 84.2 Å². The van der Waals surface area contributed by atoms with Crippen LogP contribution in [-0.2, 0) is 0 Å². The van der Waals surface area contributed by atoms with Gasteiger partial charge in [-0.05, 0) is 37.4 Å². The van der Waals surface area contributed by atoms with Gasteiger partial charge in [0.05, 0.1) is 22.8 Å². The van der Waals surface area contributed by atoms with Crippen molar-refractivity contribution >= 4 is 23.1 Å². The SMILES string of the molecule is CN1CCN(c2ccc(-c3cc(Sc4ccccc4C#N)c4c(C#N)cnn4c3)cn2)CC1. The molecule has 0 bridgehead atoms. The van der Waals surface area contributed by atoms with Crippen LogP contribution in [0.2, 0.25) is 0 Å². The van der Waals surface area contributed by atoms with Crippen LogP contribution in [0.15, 0.2) is 70.8 Å². The van der Waals surface area contributed by atoms with E-state index in [1.54, 1.807) is 16.8 Å². The monoisotopic (exact) mass is 451 g/mol. The fourth-order valence-corrected chi connectivity index (χ4v) is 5.04. The third kappa shape index (κ3) is 4.14. The maximum absolute atomic E-state index is 9.59. The van der Waals surface area contributed by atoms with Crippen LogP contribution in [0.1, 0.15) is 11.1 Å². The molecule has 0 aliphatic carbocycles. The van der Waals surface area contributed by atoms with Crippen LogP contribution in [0.4, 0.5) is 5.82 Å². The third-order valence-electron chi connectivity index (χ3n) is 5.83. The normalized spacial score (nSPS) is 14.2. The molecule has 0 N–H and O–H groups in total. The van der Waals surface area contributed by atoms with Gasteiger partial charge in [0.25, 0.3) is 0 Å². The first-order valence-corrected chi connectivity index (χ1v) is 11.5. The summed E-state index contributed by atoms with van der Waals surface area (Å²) in [5.41, 5.74) is 3.76. The summed E-state index contributed by atoms with van der Waals surface area (Å²) < 4.78 is 1.74. The number of pyridine rings is 2. The molecule has 8 heteroatoms. The summed E-state index contributed by atoms with van der Waals surface area (Å²) in [7, 11) is 2.14. The highest BCUT2D eigenvalue weighted by molar-refractivity contribution is 7.99. The summed E-state index contributed by atoms with van der Waals surface area (Å²) >= 11 is 1.47. The van der Waals surface area contributed by atoms with E-state index in [9.17, 15) is 10.5 Å². The number of nitrogens with zero attached hydrogens (tertiary/aromatic N) is 7. The van der Waals surface area contributed by atoms with Crippen molar-refractivity contribution in [3.05, 3.63) is 72.2 Å². The van der Waals surface area contributed by atoms with Crippen molar-refractivity contribution in [2.75, 3.05) is 38.1 Å². The minimum absolute atomic E-state index is 0.502. The zero-order valence-electron chi connectivity index (χ0n) is 18.1. The molecule has 33 heavy (non-hydrogen) atoms. The number of aromatic nitrogens is 3. The van der Waals surface area contributed by atoms with Crippen molar-refractivity contribution in [1.29, 1.82) is 10.5 Å². The van der Waals surface area contributed by atoms with E-state index in [0.717, 1.165) is 58.4 Å². The molecule has 0 unspecified atom stereocenters. The molecule has 5 rings (SSSR count). The molecule has 3 aromatic heterocycles. The van der Waals surface area contributed by atoms with Gasteiger partial charge >= 0.3 is 0 Å². The lowest BCUT2D eigenvalue weighted by molar-refractivity contribution is 0.312. The zero-order valence-corrected chi connectivity index (χ0v) is 19.0. The van der Waals surface area contributed by atoms with Crippen LogP contribution in [0.3, 0.4) is 0 Å². The molecule has 7 nitrogen and oxygen atoms in total. The van der Waals surface area contributed by atoms with Crippen molar-refractivity contribution < 1.29 is 0 Å². The summed E-state index contributed by atoms with van der Waals surface area (Å²) in [4.78, 5) is 11.1. The number of likely N-dealkylation sites (N-methyl/N-ethyl adjacent to an activating group) is 1. The largest absolute Gasteiger partial charge is 0.354 e. The van der Waals surface area contributed by atoms with Gasteiger partial charge in [0.2, 0.25) is 0 Å². The van der Waals surface area contributed by atoms with Crippen molar-refractivity contribution in [3.63, 3.8) is 0 Å². The van der Waals surface area contributed by atoms with E-state index in [0.29, 0.717) is 11.1 Å². The fourth-order valence-electron chi connectivity index (χ4n) is 3.95. The summed E-state index contributed by atoms with van der Waals surface area (Å²) in [5, 5.41) is 23.5. The highest BCUT2D eigenvalue weighted by atomic mass is 32.2. The predicted octanol–water partition coefficient (Wildman–Crippen LogP) is 4.04. The molecule has 1 fully saturated rings. The van der Waals surface area contributed by atoms with Crippen LogP contribution in [0.25, 0.3) is 16.6 Å². The molecule has 1 saturated heterocycles. The van der Waals surface area contributed by atoms with Crippen molar-refractivity contribution in [3.8, 4) is 23.3 Å². The molecule has 4 heterocycles. The van der Waals surface area contributed by atoms with Gasteiger partial charge in [0.1, 0.15) is 18.0 Å². The number of piperazine rings is 1. The van der Waals surface area contributed by atoms with Gasteiger partial charge in [-0.25, -0.2) is 9.50 Å². The Labute approximate surface area is 196 Å². The summed E-state index contributed by atoms with van der Waals surface area (Å²) in [6.45, 7) is 4.01. The minimum atomic E-state index is 0.502. The molecule has 0 saturated carbocycles. The van der Waals surface area contributed by atoms with Gasteiger partial charge in [-0.15, -0.1) is 0 Å². The lowest BCUT2D eigenvalue weighted by Gasteiger charge is -2.33. The van der Waals surface area contributed by atoms with Crippen LogP contribution in [0, 0.1) is 22.7 Å². The number of benzene rings is 1. The molecule has 4 aromatic rings. The Kier molecular flexibility index (Phi) is 5.70. The number of hydrogen-bond acceptors (Lipinski definition) is 7. The number of rotatable bonds is 4. The average molecular weight is 452 g/mol. The van der Waals surface area contributed by atoms with E-state index in [4.69, 9.17) is 4.98 Å². The first-order chi connectivity index (χ1) is 16.2. The Hall–Kier alpha value is -3.85. The third-order valence-corrected chi connectivity index (χ3v) is 6.94. The van der Waals surface area contributed by atoms with Gasteiger partial charge in [-0.1, -0.05) is 23.9 Å². The molecule has 1 aliphatic rings. The lowest BCUT2D eigenvalue weighted by Crippen LogP contribution is -2.44. The molecule has 0 radical (unpaired) electrons. The predicted molar refractivity (Wildman–Crippen MR) is 128 cm³/mol. The Balaban J connectivity index is 1.53. The molecule has 0 amide bonds. The highest BCUT2D eigenvalue weighted by Gasteiger charge is 2.17. The maximum atomic E-state index is 9.59. The minimum Gasteiger partial charge on any atom is -0.354 e. The molecule has 0 spiro atoms. The Morgan fingerprint density at radius 2 is 1.67 bits per heavy atom. The maximum Gasteiger partial charge on any atom is 0.128 e. The Bertz CT molecular complexity index is 1390. The van der Waals surface area contributed by atoms with Crippen LogP contribution in [-0.4, -0.2) is 52.7 Å². The Morgan fingerprint density at radius 3 is 2.39 bits per heavy atom. The number of hydrogen-bond donors (Lipinski definition) is 0. The van der Waals surface area contributed by atoms with Gasteiger partial charge in [-0.2, -0.15) is 15.6 Å². The molecule has 1 aliphatic heterocycles. The van der Waals surface area contributed by atoms with Gasteiger partial charge in [0.15, 0.2) is 0 Å². The van der Waals surface area contributed by atoms with Gasteiger partial charge in [-0.3, -0.25) is 0 Å². The smallest absolute Gasteiger partial charge is 0.128 e. The van der Waals surface area contributed by atoms with Crippen molar-refractivity contribution in [1.82, 2.24) is 19.5 Å². The van der Waals surface area contributed by atoms with Crippen LogP contribution >= 0.6 is 11.8 Å². The van der Waals surface area contributed by atoms with Gasteiger partial charge < -0.3 is 9.80 Å². The van der Waals surface area contributed by atoms with Crippen LogP contribution < -0.4 is 4.90 Å². The number of anilines is 1. The summed E-state index contributed by atoms with van der Waals surface area (Å²) in [6, 6.07) is 18.1. The molecule has 0 atom stereocenters. The van der Waals surface area contributed by atoms with E-state index < -0.39 is 0 Å². The van der Waals surface area contributed by atoms with E-state index in [-0.39, 0.29) is 0 Å². The van der Waals surface area contributed by atoms with E-state index in [2.05, 4.69) is 46.2 Å². The fraction of sp³-hybridized carbons (Fsp3) is 0.200. The number of nitriles is 2. The first kappa shape index (κ1) is 21.0. The molecular formula is C25H21N7S. The standard InChI is InChI=1S/C25H21N7S/c1-30-8-10-31(11-9-30)24-7-6-19(15-28-24)20-12-23(25-21(14-27)16-29-32(25)17-20)33-22-5-3-2-4-18(22)13-26/h2-7,12,15-17H,8-11H2,1H3. The van der Waals surface area contributed by atoms with E-state index in [1.807, 2.05) is 36.7 Å². The average Bonchev–Trinajstić information content (AvgIpc) is 3.28. The first-order valence-electron chi connectivity index (χ1n) is 10.6. The second-order valence-electron chi connectivity index (χ2n) is 7.96. The van der Waals surface area contributed by atoms with Gasteiger partial charge in [0, 0.05) is 59.5 Å². The van der Waals surface area contributed by atoms with Crippen LogP contribution in [0.5, 0.6) is 0 Å². The molecule has 1 aromatic carbocycles. The second-order valence-corrected chi connectivity index (χ2v) is 9.05. The number of fused-ring (bicyclic) bond motifs is 1. The Morgan fingerprint density at radius 1 is 0.879 bits per heavy atom. The van der Waals surface area contributed by atoms with E-state index in [1.165, 1.54) is 11.8 Å².